The maximum atomic E-state index is 12.6. The Balaban J connectivity index is 1.50. The van der Waals surface area contributed by atoms with Crippen LogP contribution in [0.1, 0.15) is 61.7 Å². The Morgan fingerprint density at radius 3 is 2.48 bits per heavy atom. The van der Waals surface area contributed by atoms with Gasteiger partial charge in [0.25, 0.3) is 5.91 Å². The van der Waals surface area contributed by atoms with Crippen LogP contribution in [-0.2, 0) is 4.79 Å². The minimum Gasteiger partial charge on any atom is -0.376 e. The molecule has 136 valence electrons. The summed E-state index contributed by atoms with van der Waals surface area (Å²) in [6, 6.07) is 7.81. The minimum absolute atomic E-state index is 0.0275. The van der Waals surface area contributed by atoms with Crippen molar-refractivity contribution in [1.29, 1.82) is 0 Å². The molecule has 2 N–H and O–H groups in total. The molecule has 2 aliphatic rings. The van der Waals surface area contributed by atoms with E-state index in [0.29, 0.717) is 11.6 Å². The van der Waals surface area contributed by atoms with E-state index in [4.69, 9.17) is 0 Å². The minimum atomic E-state index is 0.0275. The fourth-order valence-corrected chi connectivity index (χ4v) is 3.75. The van der Waals surface area contributed by atoms with Crippen LogP contribution in [0.5, 0.6) is 0 Å². The maximum absolute atomic E-state index is 12.6. The predicted molar refractivity (Wildman–Crippen MR) is 99.7 cm³/mol. The summed E-state index contributed by atoms with van der Waals surface area (Å²) in [5.74, 6) is 0.120. The van der Waals surface area contributed by atoms with Gasteiger partial charge in [-0.3, -0.25) is 9.59 Å². The van der Waals surface area contributed by atoms with E-state index in [9.17, 15) is 9.59 Å². The average molecular weight is 343 g/mol. The first-order valence-electron chi connectivity index (χ1n) is 9.65. The lowest BCUT2D eigenvalue weighted by Crippen LogP contribution is -2.39. The van der Waals surface area contributed by atoms with Gasteiger partial charge in [0.2, 0.25) is 5.91 Å². The van der Waals surface area contributed by atoms with E-state index in [2.05, 4.69) is 10.6 Å². The lowest BCUT2D eigenvalue weighted by Gasteiger charge is -2.27. The van der Waals surface area contributed by atoms with Crippen LogP contribution in [0.3, 0.4) is 0 Å². The fraction of sp³-hybridized carbons (Fsp3) is 0.600. The van der Waals surface area contributed by atoms with E-state index in [1.54, 1.807) is 0 Å². The third kappa shape index (κ3) is 5.21. The lowest BCUT2D eigenvalue weighted by atomic mass is 9.95. The number of amides is 2. The summed E-state index contributed by atoms with van der Waals surface area (Å²) in [5.41, 5.74) is 1.52. The largest absolute Gasteiger partial charge is 0.376 e. The quantitative estimate of drug-likeness (QED) is 0.863. The normalized spacial score (nSPS) is 18.6. The molecule has 1 saturated carbocycles. The highest BCUT2D eigenvalue weighted by molar-refractivity contribution is 5.95. The number of benzene rings is 1. The standard InChI is InChI=1S/C20H29N3O2/c24-19(22-17-9-3-1-4-10-17)15-21-18-11-7-8-16(14-18)20(25)23-12-5-2-6-13-23/h7-8,11,14,17,21H,1-6,9-10,12-13,15H2,(H,22,24). The van der Waals surface area contributed by atoms with Crippen LogP contribution < -0.4 is 10.6 Å². The summed E-state index contributed by atoms with van der Waals surface area (Å²) >= 11 is 0. The van der Waals surface area contributed by atoms with Gasteiger partial charge in [-0.1, -0.05) is 25.3 Å². The first-order chi connectivity index (χ1) is 12.2. The van der Waals surface area contributed by atoms with Crippen molar-refractivity contribution in [3.05, 3.63) is 29.8 Å². The first-order valence-corrected chi connectivity index (χ1v) is 9.65. The molecule has 0 atom stereocenters. The Hall–Kier alpha value is -2.04. The topological polar surface area (TPSA) is 61.4 Å². The number of piperidine rings is 1. The van der Waals surface area contributed by atoms with E-state index in [0.717, 1.165) is 44.5 Å². The third-order valence-electron chi connectivity index (χ3n) is 5.18. The summed E-state index contributed by atoms with van der Waals surface area (Å²) in [5, 5.41) is 6.25. The molecule has 0 aromatic heterocycles. The molecule has 1 aromatic carbocycles. The molecule has 1 saturated heterocycles. The zero-order valence-electron chi connectivity index (χ0n) is 14.9. The molecule has 0 spiro atoms. The second kappa shape index (κ2) is 8.88. The van der Waals surface area contributed by atoms with Gasteiger partial charge in [0, 0.05) is 30.4 Å². The molecule has 1 aromatic rings. The van der Waals surface area contributed by atoms with Crippen LogP contribution in [-0.4, -0.2) is 42.4 Å². The number of carbonyl (C=O) groups excluding carboxylic acids is 2. The molecule has 0 radical (unpaired) electrons. The zero-order chi connectivity index (χ0) is 17.5. The molecule has 0 bridgehead atoms. The number of nitrogens with zero attached hydrogens (tertiary/aromatic N) is 1. The van der Waals surface area contributed by atoms with Crippen LogP contribution in [0.25, 0.3) is 0 Å². The van der Waals surface area contributed by atoms with Gasteiger partial charge < -0.3 is 15.5 Å². The second-order valence-corrected chi connectivity index (χ2v) is 7.19. The van der Waals surface area contributed by atoms with E-state index in [1.807, 2.05) is 29.2 Å². The zero-order valence-corrected chi connectivity index (χ0v) is 14.9. The molecule has 2 fully saturated rings. The lowest BCUT2D eigenvalue weighted by molar-refractivity contribution is -0.120. The second-order valence-electron chi connectivity index (χ2n) is 7.19. The highest BCUT2D eigenvalue weighted by Crippen LogP contribution is 2.18. The van der Waals surface area contributed by atoms with Crippen molar-refractivity contribution in [2.45, 2.75) is 57.4 Å². The van der Waals surface area contributed by atoms with Gasteiger partial charge >= 0.3 is 0 Å². The molecule has 25 heavy (non-hydrogen) atoms. The van der Waals surface area contributed by atoms with Crippen molar-refractivity contribution >= 4 is 17.5 Å². The highest BCUT2D eigenvalue weighted by atomic mass is 16.2. The SMILES string of the molecule is O=C(CNc1cccc(C(=O)N2CCCCC2)c1)NC1CCCCC1. The van der Waals surface area contributed by atoms with Crippen molar-refractivity contribution < 1.29 is 9.59 Å². The van der Waals surface area contributed by atoms with Crippen LogP contribution in [0, 0.1) is 0 Å². The van der Waals surface area contributed by atoms with Crippen molar-refractivity contribution in [3.8, 4) is 0 Å². The van der Waals surface area contributed by atoms with Crippen molar-refractivity contribution in [2.24, 2.45) is 0 Å². The summed E-state index contributed by atoms with van der Waals surface area (Å²) in [6.07, 6.45) is 9.26. The van der Waals surface area contributed by atoms with E-state index in [1.165, 1.54) is 25.7 Å². The van der Waals surface area contributed by atoms with Crippen molar-refractivity contribution in [1.82, 2.24) is 10.2 Å². The Morgan fingerprint density at radius 1 is 1.00 bits per heavy atom. The number of hydrogen-bond donors (Lipinski definition) is 2. The van der Waals surface area contributed by atoms with Crippen LogP contribution >= 0.6 is 0 Å². The molecular weight excluding hydrogens is 314 g/mol. The molecule has 3 rings (SSSR count). The molecule has 1 heterocycles. The number of anilines is 1. The summed E-state index contributed by atoms with van der Waals surface area (Å²) in [6.45, 7) is 1.94. The summed E-state index contributed by atoms with van der Waals surface area (Å²) in [4.78, 5) is 26.6. The smallest absolute Gasteiger partial charge is 0.253 e. The van der Waals surface area contributed by atoms with E-state index in [-0.39, 0.29) is 18.4 Å². The number of carbonyl (C=O) groups is 2. The average Bonchev–Trinajstić information content (AvgIpc) is 2.67. The molecular formula is C20H29N3O2. The van der Waals surface area contributed by atoms with Crippen LogP contribution in [0.15, 0.2) is 24.3 Å². The Bertz CT molecular complexity index is 590. The molecule has 2 amide bonds. The molecule has 1 aliphatic carbocycles. The van der Waals surface area contributed by atoms with E-state index >= 15 is 0 Å². The fourth-order valence-electron chi connectivity index (χ4n) is 3.75. The molecule has 5 heteroatoms. The number of likely N-dealkylation sites (tertiary alicyclic amines) is 1. The van der Waals surface area contributed by atoms with Crippen molar-refractivity contribution in [3.63, 3.8) is 0 Å². The summed E-state index contributed by atoms with van der Waals surface area (Å²) in [7, 11) is 0. The van der Waals surface area contributed by atoms with Crippen LogP contribution in [0.2, 0.25) is 0 Å². The number of hydrogen-bond acceptors (Lipinski definition) is 3. The van der Waals surface area contributed by atoms with Crippen molar-refractivity contribution in [2.75, 3.05) is 25.0 Å². The van der Waals surface area contributed by atoms with Gasteiger partial charge in [-0.15, -0.1) is 0 Å². The van der Waals surface area contributed by atoms with Crippen LogP contribution in [0.4, 0.5) is 5.69 Å². The Labute approximate surface area is 150 Å². The number of nitrogens with one attached hydrogen (secondary N) is 2. The van der Waals surface area contributed by atoms with Gasteiger partial charge in [0.05, 0.1) is 6.54 Å². The van der Waals surface area contributed by atoms with Gasteiger partial charge in [-0.25, -0.2) is 0 Å². The van der Waals surface area contributed by atoms with Gasteiger partial charge in [0.15, 0.2) is 0 Å². The molecule has 5 nitrogen and oxygen atoms in total. The molecule has 1 aliphatic heterocycles. The van der Waals surface area contributed by atoms with Gasteiger partial charge in [-0.05, 0) is 50.3 Å². The van der Waals surface area contributed by atoms with E-state index < -0.39 is 0 Å². The van der Waals surface area contributed by atoms with Gasteiger partial charge in [-0.2, -0.15) is 0 Å². The summed E-state index contributed by atoms with van der Waals surface area (Å²) < 4.78 is 0. The third-order valence-corrected chi connectivity index (χ3v) is 5.18. The monoisotopic (exact) mass is 343 g/mol. The first kappa shape index (κ1) is 17.8. The van der Waals surface area contributed by atoms with Gasteiger partial charge in [0.1, 0.15) is 0 Å². The predicted octanol–water partition coefficient (Wildman–Crippen LogP) is 3.17. The number of rotatable bonds is 5. The Morgan fingerprint density at radius 2 is 1.72 bits per heavy atom. The maximum Gasteiger partial charge on any atom is 0.253 e. The molecule has 0 unspecified atom stereocenters. The Kier molecular flexibility index (Phi) is 6.31. The highest BCUT2D eigenvalue weighted by Gasteiger charge is 2.18.